The molecule has 2 aromatic rings. The maximum atomic E-state index is 13.5. The monoisotopic (exact) mass is 353 g/mol. The Morgan fingerprint density at radius 2 is 1.60 bits per heavy atom. The van der Waals surface area contributed by atoms with Gasteiger partial charge in [0.25, 0.3) is 11.8 Å². The van der Waals surface area contributed by atoms with Crippen molar-refractivity contribution >= 4 is 45.0 Å². The lowest BCUT2D eigenvalue weighted by Gasteiger charge is -2.16. The Bertz CT molecular complexity index is 728. The normalized spacial score (nSPS) is 13.8. The number of benzene rings is 2. The first-order valence-corrected chi connectivity index (χ1v) is 6.80. The van der Waals surface area contributed by atoms with E-state index in [2.05, 4.69) is 15.9 Å². The van der Waals surface area contributed by atoms with Crippen molar-refractivity contribution in [3.8, 4) is 0 Å². The highest BCUT2D eigenvalue weighted by molar-refractivity contribution is 9.10. The van der Waals surface area contributed by atoms with E-state index in [9.17, 15) is 14.0 Å². The largest absolute Gasteiger partial charge is 0.268 e. The minimum atomic E-state index is -0.590. The molecule has 1 aliphatic heterocycles. The average Bonchev–Trinajstić information content (AvgIpc) is 2.67. The number of hydrogen-bond donors (Lipinski definition) is 0. The standard InChI is InChI=1S/C14H6BrClFNO2/c15-10-5-7(17)6-11(12(10)16)18-13(19)8-3-1-2-4-9(8)14(18)20/h1-6H. The highest BCUT2D eigenvalue weighted by atomic mass is 79.9. The number of fused-ring (bicyclic) bond motifs is 1. The number of hydrogen-bond acceptors (Lipinski definition) is 2. The van der Waals surface area contributed by atoms with Crippen molar-refractivity contribution in [3.05, 3.63) is 62.8 Å². The molecule has 3 nitrogen and oxygen atoms in total. The van der Waals surface area contributed by atoms with E-state index < -0.39 is 17.6 Å². The van der Waals surface area contributed by atoms with E-state index in [0.717, 1.165) is 11.0 Å². The Balaban J connectivity index is 2.19. The van der Waals surface area contributed by atoms with Gasteiger partial charge in [-0.05, 0) is 40.2 Å². The SMILES string of the molecule is O=C1c2ccccc2C(=O)N1c1cc(F)cc(Br)c1Cl. The Kier molecular flexibility index (Phi) is 3.11. The summed E-state index contributed by atoms with van der Waals surface area (Å²) in [5.41, 5.74) is 0.604. The molecule has 0 fully saturated rings. The molecule has 0 aromatic heterocycles. The van der Waals surface area contributed by atoms with Crippen LogP contribution in [0.15, 0.2) is 40.9 Å². The second-order valence-corrected chi connectivity index (χ2v) is 5.44. The number of nitrogens with zero attached hydrogens (tertiary/aromatic N) is 1. The fraction of sp³-hybridized carbons (Fsp3) is 0. The van der Waals surface area contributed by atoms with Crippen molar-refractivity contribution in [2.45, 2.75) is 0 Å². The van der Waals surface area contributed by atoms with Crippen molar-refractivity contribution < 1.29 is 14.0 Å². The van der Waals surface area contributed by atoms with Crippen LogP contribution in [0, 0.1) is 5.82 Å². The number of halogens is 3. The predicted octanol–water partition coefficient (Wildman–Crippen LogP) is 4.04. The van der Waals surface area contributed by atoms with Gasteiger partial charge in [0.1, 0.15) is 5.82 Å². The quantitative estimate of drug-likeness (QED) is 0.572. The molecule has 100 valence electrons. The van der Waals surface area contributed by atoms with Gasteiger partial charge in [0.05, 0.1) is 21.8 Å². The van der Waals surface area contributed by atoms with E-state index in [-0.39, 0.29) is 26.3 Å². The molecule has 0 unspecified atom stereocenters. The minimum absolute atomic E-state index is 0.0322. The van der Waals surface area contributed by atoms with Gasteiger partial charge in [-0.2, -0.15) is 0 Å². The van der Waals surface area contributed by atoms with Crippen molar-refractivity contribution in [1.82, 2.24) is 0 Å². The van der Waals surface area contributed by atoms with Gasteiger partial charge in [-0.3, -0.25) is 9.59 Å². The summed E-state index contributed by atoms with van der Waals surface area (Å²) in [4.78, 5) is 25.5. The molecule has 0 N–H and O–H groups in total. The lowest BCUT2D eigenvalue weighted by atomic mass is 10.1. The van der Waals surface area contributed by atoms with Gasteiger partial charge in [0.15, 0.2) is 0 Å². The van der Waals surface area contributed by atoms with E-state index in [1.807, 2.05) is 0 Å². The second-order valence-electron chi connectivity index (χ2n) is 4.21. The molecular weight excluding hydrogens is 349 g/mol. The van der Waals surface area contributed by atoms with Gasteiger partial charge in [-0.1, -0.05) is 23.7 Å². The first-order chi connectivity index (χ1) is 9.50. The molecule has 2 aromatic carbocycles. The number of carbonyl (C=O) groups is 2. The molecule has 6 heteroatoms. The van der Waals surface area contributed by atoms with Crippen molar-refractivity contribution in [3.63, 3.8) is 0 Å². The van der Waals surface area contributed by atoms with Gasteiger partial charge >= 0.3 is 0 Å². The lowest BCUT2D eigenvalue weighted by molar-refractivity contribution is 0.0926. The van der Waals surface area contributed by atoms with Gasteiger partial charge in [-0.25, -0.2) is 9.29 Å². The third kappa shape index (κ3) is 1.85. The highest BCUT2D eigenvalue weighted by Gasteiger charge is 2.37. The molecular formula is C14H6BrClFNO2. The van der Waals surface area contributed by atoms with Crippen LogP contribution < -0.4 is 4.90 Å². The fourth-order valence-electron chi connectivity index (χ4n) is 2.11. The third-order valence-corrected chi connectivity index (χ3v) is 4.26. The van der Waals surface area contributed by atoms with Crippen molar-refractivity contribution in [2.24, 2.45) is 0 Å². The minimum Gasteiger partial charge on any atom is -0.268 e. The molecule has 0 bridgehead atoms. The summed E-state index contributed by atoms with van der Waals surface area (Å²) >= 11 is 9.16. The molecule has 0 saturated heterocycles. The van der Waals surface area contributed by atoms with Crippen LogP contribution in [0.1, 0.15) is 20.7 Å². The number of imide groups is 1. The highest BCUT2D eigenvalue weighted by Crippen LogP contribution is 2.37. The summed E-state index contributed by atoms with van der Waals surface area (Å²) in [6.45, 7) is 0. The van der Waals surface area contributed by atoms with Crippen LogP contribution in [0.3, 0.4) is 0 Å². The van der Waals surface area contributed by atoms with E-state index >= 15 is 0 Å². The molecule has 0 spiro atoms. The van der Waals surface area contributed by atoms with Crippen LogP contribution in [0.2, 0.25) is 5.02 Å². The maximum absolute atomic E-state index is 13.5. The van der Waals surface area contributed by atoms with Crippen LogP contribution in [0.25, 0.3) is 0 Å². The molecule has 3 rings (SSSR count). The molecule has 0 saturated carbocycles. The average molecular weight is 355 g/mol. The predicted molar refractivity (Wildman–Crippen MR) is 76.7 cm³/mol. The van der Waals surface area contributed by atoms with Crippen molar-refractivity contribution in [2.75, 3.05) is 4.90 Å². The first-order valence-electron chi connectivity index (χ1n) is 5.63. The van der Waals surface area contributed by atoms with Crippen molar-refractivity contribution in [1.29, 1.82) is 0 Å². The second kappa shape index (κ2) is 4.68. The van der Waals surface area contributed by atoms with Crippen LogP contribution in [0.5, 0.6) is 0 Å². The Labute approximate surface area is 127 Å². The van der Waals surface area contributed by atoms with Gasteiger partial charge in [0, 0.05) is 4.47 Å². The summed E-state index contributed by atoms with van der Waals surface area (Å²) < 4.78 is 13.8. The first kappa shape index (κ1) is 13.3. The zero-order chi connectivity index (χ0) is 14.4. The Morgan fingerprint density at radius 1 is 1.05 bits per heavy atom. The molecule has 2 amide bonds. The number of carbonyl (C=O) groups excluding carboxylic acids is 2. The summed E-state index contributed by atoms with van der Waals surface area (Å²) in [5, 5.41) is 0.112. The van der Waals surface area contributed by atoms with Crippen LogP contribution in [-0.2, 0) is 0 Å². The lowest BCUT2D eigenvalue weighted by Crippen LogP contribution is -2.29. The number of anilines is 1. The number of amides is 2. The van der Waals surface area contributed by atoms with Gasteiger partial charge < -0.3 is 0 Å². The van der Waals surface area contributed by atoms with Crippen LogP contribution >= 0.6 is 27.5 Å². The molecule has 0 atom stereocenters. The Hall–Kier alpha value is -1.72. The van der Waals surface area contributed by atoms with Crippen LogP contribution in [0.4, 0.5) is 10.1 Å². The molecule has 0 aliphatic carbocycles. The zero-order valence-corrected chi connectivity index (χ0v) is 12.2. The van der Waals surface area contributed by atoms with E-state index in [1.54, 1.807) is 24.3 Å². The smallest absolute Gasteiger partial charge is 0.266 e. The van der Waals surface area contributed by atoms with E-state index in [1.165, 1.54) is 6.07 Å². The van der Waals surface area contributed by atoms with Crippen LogP contribution in [-0.4, -0.2) is 11.8 Å². The molecule has 0 radical (unpaired) electrons. The fourth-order valence-corrected chi connectivity index (χ4v) is 2.73. The third-order valence-electron chi connectivity index (χ3n) is 3.01. The molecule has 1 aliphatic rings. The van der Waals surface area contributed by atoms with E-state index in [0.29, 0.717) is 0 Å². The molecule has 1 heterocycles. The molecule has 20 heavy (non-hydrogen) atoms. The number of rotatable bonds is 1. The van der Waals surface area contributed by atoms with Gasteiger partial charge in [-0.15, -0.1) is 0 Å². The summed E-state index contributed by atoms with van der Waals surface area (Å²) in [7, 11) is 0. The maximum Gasteiger partial charge on any atom is 0.266 e. The Morgan fingerprint density at radius 3 is 2.15 bits per heavy atom. The zero-order valence-electron chi connectivity index (χ0n) is 9.86. The summed E-state index contributed by atoms with van der Waals surface area (Å²) in [5.74, 6) is -1.61. The van der Waals surface area contributed by atoms with Gasteiger partial charge in [0.2, 0.25) is 0 Å². The summed E-state index contributed by atoms with van der Waals surface area (Å²) in [6, 6.07) is 8.67. The summed E-state index contributed by atoms with van der Waals surface area (Å²) in [6.07, 6.45) is 0. The topological polar surface area (TPSA) is 37.4 Å². The van der Waals surface area contributed by atoms with E-state index in [4.69, 9.17) is 11.6 Å².